The van der Waals surface area contributed by atoms with Crippen molar-refractivity contribution in [1.29, 1.82) is 0 Å². The summed E-state index contributed by atoms with van der Waals surface area (Å²) in [6, 6.07) is 69.3. The van der Waals surface area contributed by atoms with E-state index in [0.717, 1.165) is 149 Å². The summed E-state index contributed by atoms with van der Waals surface area (Å²) in [5.41, 5.74) is 19.5. The van der Waals surface area contributed by atoms with Gasteiger partial charge in [0.1, 0.15) is 44.7 Å². The van der Waals surface area contributed by atoms with Gasteiger partial charge in [0.2, 0.25) is 0 Å². The third-order valence-electron chi connectivity index (χ3n) is 17.9. The van der Waals surface area contributed by atoms with E-state index in [1.54, 1.807) is 0 Å². The van der Waals surface area contributed by atoms with E-state index in [2.05, 4.69) is 281 Å². The number of para-hydroxylation sites is 2. The second kappa shape index (κ2) is 19.1. The Morgan fingerprint density at radius 2 is 0.647 bits per heavy atom. The number of hydrogen-bond donors (Lipinski definition) is 0. The van der Waals surface area contributed by atoms with Gasteiger partial charge < -0.3 is 27.5 Å². The van der Waals surface area contributed by atoms with Crippen LogP contribution in [0.25, 0.3) is 109 Å². The molecule has 4 heterocycles. The Bertz CT molecular complexity index is 4860. The first-order valence-corrected chi connectivity index (χ1v) is 30.3. The van der Waals surface area contributed by atoms with Crippen LogP contribution < -0.4 is 9.80 Å². The van der Waals surface area contributed by atoms with E-state index in [0.29, 0.717) is 11.8 Å². The zero-order chi connectivity index (χ0) is 58.5. The van der Waals surface area contributed by atoms with Gasteiger partial charge in [0.05, 0.1) is 0 Å². The normalized spacial score (nSPS) is 12.8. The van der Waals surface area contributed by atoms with Crippen LogP contribution in [0.15, 0.2) is 206 Å². The molecular formula is C79H70N2O4. The van der Waals surface area contributed by atoms with Crippen LogP contribution >= 0.6 is 0 Å². The number of fused-ring (bicyclic) bond motifs is 14. The molecule has 11 aromatic carbocycles. The predicted molar refractivity (Wildman–Crippen MR) is 360 cm³/mol. The molecule has 0 saturated carbocycles. The van der Waals surface area contributed by atoms with Gasteiger partial charge in [-0.1, -0.05) is 156 Å². The van der Waals surface area contributed by atoms with Gasteiger partial charge in [-0.25, -0.2) is 0 Å². The van der Waals surface area contributed by atoms with Gasteiger partial charge in [-0.05, 0) is 177 Å². The van der Waals surface area contributed by atoms with E-state index < -0.39 is 0 Å². The highest BCUT2D eigenvalue weighted by Crippen LogP contribution is 2.48. The fraction of sp³-hybridized carbons (Fsp3) is 0.215. The third-order valence-corrected chi connectivity index (χ3v) is 17.9. The molecule has 15 aromatic rings. The van der Waals surface area contributed by atoms with E-state index in [9.17, 15) is 0 Å². The molecule has 0 radical (unpaired) electrons. The number of benzene rings is 11. The zero-order valence-electron chi connectivity index (χ0n) is 50.7. The molecule has 15 rings (SSSR count). The van der Waals surface area contributed by atoms with Crippen molar-refractivity contribution in [2.75, 3.05) is 9.80 Å². The van der Waals surface area contributed by atoms with E-state index >= 15 is 0 Å². The number of anilines is 6. The molecule has 0 aliphatic rings. The summed E-state index contributed by atoms with van der Waals surface area (Å²) in [6.45, 7) is 26.9. The molecule has 0 amide bonds. The fourth-order valence-corrected chi connectivity index (χ4v) is 13.4. The number of rotatable bonds is 9. The molecule has 0 saturated heterocycles. The summed E-state index contributed by atoms with van der Waals surface area (Å²) in [6.07, 6.45) is 0. The van der Waals surface area contributed by atoms with Crippen LogP contribution in [0.1, 0.15) is 129 Å². The molecule has 0 aliphatic heterocycles. The standard InChI is InChI=1S/C79H70N2O4/c1-44(2)47-19-25-53(26-20-47)80(57-31-33-69-63(41-57)59-15-13-17-67(74(59)82-69)78(7,8)9)55-29-23-49-37-61-65-43-66-62-38-50-24-30-56(36-52(50)40-72(62)85-77(66)73(46(5)6)76(65)84-71(61)39-51(49)35-55)81(54-27-21-48(22-28-54)45(3)4)58-32-34-70-64(42-58)60-16-14-18-68(75(60)83-70)79(10,11)12/h13-46H,1-12H3. The van der Waals surface area contributed by atoms with Crippen molar-refractivity contribution in [2.24, 2.45) is 0 Å². The summed E-state index contributed by atoms with van der Waals surface area (Å²) in [5, 5.41) is 13.3. The Kier molecular flexibility index (Phi) is 11.8. The lowest BCUT2D eigenvalue weighted by molar-refractivity contribution is 0.572. The molecule has 0 atom stereocenters. The van der Waals surface area contributed by atoms with Gasteiger partial charge >= 0.3 is 0 Å². The average Bonchev–Trinajstić information content (AvgIpc) is 1.81. The summed E-state index contributed by atoms with van der Waals surface area (Å²) in [7, 11) is 0. The van der Waals surface area contributed by atoms with Crippen LogP contribution in [0, 0.1) is 0 Å². The molecule has 6 nitrogen and oxygen atoms in total. The second-order valence-electron chi connectivity index (χ2n) is 26.8. The Labute approximate surface area is 495 Å². The minimum absolute atomic E-state index is 0.0617. The van der Waals surface area contributed by atoms with E-state index in [1.165, 1.54) is 22.3 Å². The highest BCUT2D eigenvalue weighted by Gasteiger charge is 2.27. The van der Waals surface area contributed by atoms with Gasteiger partial charge in [-0.15, -0.1) is 0 Å². The maximum atomic E-state index is 7.07. The van der Waals surface area contributed by atoms with E-state index in [-0.39, 0.29) is 16.7 Å². The molecule has 6 heteroatoms. The van der Waals surface area contributed by atoms with Gasteiger partial charge in [0.25, 0.3) is 0 Å². The fourth-order valence-electron chi connectivity index (χ4n) is 13.4. The predicted octanol–water partition coefficient (Wildman–Crippen LogP) is 24.5. The topological polar surface area (TPSA) is 59.0 Å². The van der Waals surface area contributed by atoms with Crippen LogP contribution in [-0.2, 0) is 10.8 Å². The Balaban J connectivity index is 0.840. The third kappa shape index (κ3) is 8.58. The second-order valence-corrected chi connectivity index (χ2v) is 26.8. The van der Waals surface area contributed by atoms with Crippen LogP contribution in [0.2, 0.25) is 0 Å². The van der Waals surface area contributed by atoms with Crippen molar-refractivity contribution in [2.45, 2.75) is 112 Å². The first kappa shape index (κ1) is 52.5. The van der Waals surface area contributed by atoms with Crippen LogP contribution in [-0.4, -0.2) is 0 Å². The molecule has 85 heavy (non-hydrogen) atoms. The summed E-state index contributed by atoms with van der Waals surface area (Å²) >= 11 is 0. The van der Waals surface area contributed by atoms with Crippen molar-refractivity contribution >= 4 is 143 Å². The molecule has 0 aliphatic carbocycles. The Hall–Kier alpha value is -9.26. The highest BCUT2D eigenvalue weighted by atomic mass is 16.3. The summed E-state index contributed by atoms with van der Waals surface area (Å²) in [5.74, 6) is 0.963. The van der Waals surface area contributed by atoms with Crippen LogP contribution in [0.5, 0.6) is 0 Å². The lowest BCUT2D eigenvalue weighted by Crippen LogP contribution is -2.11. The lowest BCUT2D eigenvalue weighted by Gasteiger charge is -2.26. The Morgan fingerprint density at radius 3 is 1.04 bits per heavy atom. The molecule has 4 aromatic heterocycles. The quantitative estimate of drug-likeness (QED) is 0.144. The maximum absolute atomic E-state index is 7.07. The number of nitrogens with zero attached hydrogens (tertiary/aromatic N) is 2. The van der Waals surface area contributed by atoms with Gasteiger partial charge in [0.15, 0.2) is 0 Å². The first-order chi connectivity index (χ1) is 40.8. The van der Waals surface area contributed by atoms with Crippen molar-refractivity contribution < 1.29 is 17.7 Å². The number of furan rings is 4. The molecule has 0 bridgehead atoms. The van der Waals surface area contributed by atoms with Crippen molar-refractivity contribution in [3.05, 3.63) is 216 Å². The van der Waals surface area contributed by atoms with Gasteiger partial charge in [-0.3, -0.25) is 0 Å². The average molecular weight is 1110 g/mol. The maximum Gasteiger partial charge on any atom is 0.142 e. The van der Waals surface area contributed by atoms with Crippen molar-refractivity contribution in [1.82, 2.24) is 0 Å². The largest absolute Gasteiger partial charge is 0.456 e. The monoisotopic (exact) mass is 1110 g/mol. The molecule has 0 fully saturated rings. The number of hydrogen-bond acceptors (Lipinski definition) is 6. The minimum Gasteiger partial charge on any atom is -0.456 e. The first-order valence-electron chi connectivity index (χ1n) is 30.3. The smallest absolute Gasteiger partial charge is 0.142 e. The van der Waals surface area contributed by atoms with E-state index in [1.807, 2.05) is 0 Å². The molecule has 0 N–H and O–H groups in total. The van der Waals surface area contributed by atoms with Crippen molar-refractivity contribution in [3.8, 4) is 0 Å². The summed E-state index contributed by atoms with van der Waals surface area (Å²) in [4.78, 5) is 4.73. The van der Waals surface area contributed by atoms with E-state index in [4.69, 9.17) is 17.7 Å². The molecule has 420 valence electrons. The lowest BCUT2D eigenvalue weighted by atomic mass is 9.86. The minimum atomic E-state index is -0.0617. The molecule has 0 spiro atoms. The summed E-state index contributed by atoms with van der Waals surface area (Å²) < 4.78 is 27.4. The zero-order valence-corrected chi connectivity index (χ0v) is 50.7. The SMILES string of the molecule is CC(C)c1ccc(N(c2ccc3cc4c(cc3c2)oc2c(C(C)C)c3oc5cc6cc(N(c7ccc(C(C)C)cc7)c7ccc8oc9c(C(C)(C)C)cccc9c8c7)ccc6cc5c3cc24)c2ccc3oc4c(C(C)(C)C)cccc4c3c2)cc1. The van der Waals surface area contributed by atoms with Crippen molar-refractivity contribution in [3.63, 3.8) is 0 Å². The molecular weight excluding hydrogens is 1040 g/mol. The Morgan fingerprint density at radius 1 is 0.282 bits per heavy atom. The van der Waals surface area contributed by atoms with Gasteiger partial charge in [0, 0.05) is 93.9 Å². The van der Waals surface area contributed by atoms with Crippen LogP contribution in [0.4, 0.5) is 34.1 Å². The van der Waals surface area contributed by atoms with Crippen LogP contribution in [0.3, 0.4) is 0 Å². The van der Waals surface area contributed by atoms with Gasteiger partial charge in [-0.2, -0.15) is 0 Å². The molecule has 0 unspecified atom stereocenters. The highest BCUT2D eigenvalue weighted by molar-refractivity contribution is 6.20.